The molecule has 2 aliphatic rings. The van der Waals surface area contributed by atoms with E-state index < -0.39 is 11.4 Å². The van der Waals surface area contributed by atoms with Crippen molar-refractivity contribution in [1.29, 1.82) is 0 Å². The molecule has 0 saturated carbocycles. The third-order valence-corrected chi connectivity index (χ3v) is 4.17. The molecule has 0 unspecified atom stereocenters. The smallest absolute Gasteiger partial charge is 0.311 e. The van der Waals surface area contributed by atoms with E-state index in [0.717, 1.165) is 0 Å². The molecule has 108 valence electrons. The number of amides is 1. The minimum Gasteiger partial charge on any atom is -0.481 e. The molecule has 2 aliphatic heterocycles. The lowest BCUT2D eigenvalue weighted by atomic mass is 9.74. The number of nitrogens with zero attached hydrogens (tertiary/aromatic N) is 1. The highest BCUT2D eigenvalue weighted by molar-refractivity contribution is 5.81. The Balaban J connectivity index is 2.11. The van der Waals surface area contributed by atoms with Crippen molar-refractivity contribution in [2.45, 2.75) is 33.6 Å². The second-order valence-electron chi connectivity index (χ2n) is 6.99. The third kappa shape index (κ3) is 2.76. The summed E-state index contributed by atoms with van der Waals surface area (Å²) in [5.74, 6) is -0.794. The van der Waals surface area contributed by atoms with E-state index in [1.54, 1.807) is 4.90 Å². The van der Waals surface area contributed by atoms with E-state index in [4.69, 9.17) is 4.74 Å². The summed E-state index contributed by atoms with van der Waals surface area (Å²) in [7, 11) is 0. The summed E-state index contributed by atoms with van der Waals surface area (Å²) in [5, 5.41) is 9.54. The maximum atomic E-state index is 12.3. The predicted molar refractivity (Wildman–Crippen MR) is 69.6 cm³/mol. The summed E-state index contributed by atoms with van der Waals surface area (Å²) in [6.07, 6.45) is 0.961. The fourth-order valence-electron chi connectivity index (χ4n) is 3.05. The van der Waals surface area contributed by atoms with E-state index in [1.165, 1.54) is 0 Å². The van der Waals surface area contributed by atoms with Crippen LogP contribution in [0, 0.1) is 16.7 Å². The second kappa shape index (κ2) is 4.78. The van der Waals surface area contributed by atoms with Crippen LogP contribution in [0.15, 0.2) is 0 Å². The van der Waals surface area contributed by atoms with Gasteiger partial charge in [-0.05, 0) is 11.8 Å². The van der Waals surface area contributed by atoms with Crippen molar-refractivity contribution in [2.75, 3.05) is 26.3 Å². The van der Waals surface area contributed by atoms with E-state index >= 15 is 0 Å². The molecule has 5 heteroatoms. The Kier molecular flexibility index (Phi) is 3.60. The van der Waals surface area contributed by atoms with Crippen LogP contribution in [-0.2, 0) is 14.3 Å². The molecular formula is C14H23NO4. The number of aliphatic carboxylic acids is 1. The molecule has 0 aromatic carbocycles. The number of likely N-dealkylation sites (tertiary alicyclic amines) is 1. The fourth-order valence-corrected chi connectivity index (χ4v) is 3.05. The first-order valence-corrected chi connectivity index (χ1v) is 6.83. The van der Waals surface area contributed by atoms with Crippen molar-refractivity contribution in [3.63, 3.8) is 0 Å². The largest absolute Gasteiger partial charge is 0.481 e. The highest BCUT2D eigenvalue weighted by Crippen LogP contribution is 2.43. The molecule has 0 aromatic rings. The summed E-state index contributed by atoms with van der Waals surface area (Å²) in [4.78, 5) is 25.6. The summed E-state index contributed by atoms with van der Waals surface area (Å²) in [6.45, 7) is 7.83. The van der Waals surface area contributed by atoms with Crippen LogP contribution < -0.4 is 0 Å². The minimum absolute atomic E-state index is 0.0579. The molecule has 0 spiro atoms. The maximum absolute atomic E-state index is 12.3. The Morgan fingerprint density at radius 3 is 2.63 bits per heavy atom. The van der Waals surface area contributed by atoms with Gasteiger partial charge in [0.2, 0.25) is 5.91 Å². The summed E-state index contributed by atoms with van der Waals surface area (Å²) >= 11 is 0. The predicted octanol–water partition coefficient (Wildman–Crippen LogP) is 1.37. The van der Waals surface area contributed by atoms with Crippen molar-refractivity contribution in [1.82, 2.24) is 4.90 Å². The van der Waals surface area contributed by atoms with Gasteiger partial charge >= 0.3 is 5.97 Å². The van der Waals surface area contributed by atoms with Gasteiger partial charge in [0, 0.05) is 32.0 Å². The molecule has 5 nitrogen and oxygen atoms in total. The summed E-state index contributed by atoms with van der Waals surface area (Å²) in [6, 6.07) is 0. The number of carbonyl (C=O) groups is 2. The van der Waals surface area contributed by atoms with Gasteiger partial charge in [-0.3, -0.25) is 9.59 Å². The van der Waals surface area contributed by atoms with Crippen molar-refractivity contribution in [2.24, 2.45) is 16.7 Å². The Labute approximate surface area is 113 Å². The van der Waals surface area contributed by atoms with Crippen LogP contribution in [0.5, 0.6) is 0 Å². The van der Waals surface area contributed by atoms with Crippen LogP contribution in [0.4, 0.5) is 0 Å². The normalized spacial score (nSPS) is 31.1. The zero-order chi connectivity index (χ0) is 14.3. The van der Waals surface area contributed by atoms with Crippen molar-refractivity contribution < 1.29 is 19.4 Å². The number of carboxylic acids is 1. The first kappa shape index (κ1) is 14.3. The van der Waals surface area contributed by atoms with Gasteiger partial charge < -0.3 is 14.7 Å². The van der Waals surface area contributed by atoms with E-state index in [0.29, 0.717) is 39.1 Å². The summed E-state index contributed by atoms with van der Waals surface area (Å²) < 4.78 is 5.39. The number of ether oxygens (including phenoxy) is 1. The Morgan fingerprint density at radius 1 is 1.42 bits per heavy atom. The van der Waals surface area contributed by atoms with Gasteiger partial charge in [-0.25, -0.2) is 0 Å². The highest BCUT2D eigenvalue weighted by Gasteiger charge is 2.54. The molecular weight excluding hydrogens is 246 g/mol. The maximum Gasteiger partial charge on any atom is 0.311 e. The number of hydrogen-bond acceptors (Lipinski definition) is 3. The van der Waals surface area contributed by atoms with E-state index in [2.05, 4.69) is 0 Å². The Bertz CT molecular complexity index is 387. The SMILES string of the molecule is CC(C)(C)CC(=O)N1C[C@H]2COCC[C@@]2(C(=O)O)C1. The number of carboxylic acid groups (broad SMARTS) is 1. The van der Waals surface area contributed by atoms with Crippen molar-refractivity contribution >= 4 is 11.9 Å². The van der Waals surface area contributed by atoms with Crippen LogP contribution >= 0.6 is 0 Å². The highest BCUT2D eigenvalue weighted by atomic mass is 16.5. The zero-order valence-corrected chi connectivity index (χ0v) is 11.9. The molecule has 0 aliphatic carbocycles. The Morgan fingerprint density at radius 2 is 2.11 bits per heavy atom. The molecule has 1 amide bonds. The molecule has 2 fully saturated rings. The Hall–Kier alpha value is -1.10. The number of hydrogen-bond donors (Lipinski definition) is 1. The van der Waals surface area contributed by atoms with Crippen molar-refractivity contribution in [3.05, 3.63) is 0 Å². The van der Waals surface area contributed by atoms with E-state index in [1.807, 2.05) is 20.8 Å². The van der Waals surface area contributed by atoms with E-state index in [-0.39, 0.29) is 17.2 Å². The molecule has 19 heavy (non-hydrogen) atoms. The average molecular weight is 269 g/mol. The molecule has 2 atom stereocenters. The van der Waals surface area contributed by atoms with Gasteiger partial charge in [0.25, 0.3) is 0 Å². The van der Waals surface area contributed by atoms with Gasteiger partial charge in [0.05, 0.1) is 12.0 Å². The lowest BCUT2D eigenvalue weighted by molar-refractivity contribution is -0.157. The first-order valence-electron chi connectivity index (χ1n) is 6.83. The summed E-state index contributed by atoms with van der Waals surface area (Å²) in [5.41, 5.74) is -0.858. The molecule has 0 aromatic heterocycles. The number of fused-ring (bicyclic) bond motifs is 1. The molecule has 0 radical (unpaired) electrons. The van der Waals surface area contributed by atoms with Gasteiger partial charge in [0.15, 0.2) is 0 Å². The van der Waals surface area contributed by atoms with Crippen LogP contribution in [-0.4, -0.2) is 48.2 Å². The molecule has 2 saturated heterocycles. The quantitative estimate of drug-likeness (QED) is 0.822. The fraction of sp³-hybridized carbons (Fsp3) is 0.857. The van der Waals surface area contributed by atoms with Crippen LogP contribution in [0.3, 0.4) is 0 Å². The van der Waals surface area contributed by atoms with Gasteiger partial charge in [-0.15, -0.1) is 0 Å². The molecule has 2 heterocycles. The standard InChI is InChI=1S/C14H23NO4/c1-13(2,3)6-11(16)15-7-10-8-19-5-4-14(10,9-15)12(17)18/h10H,4-9H2,1-3H3,(H,17,18)/t10-,14+/m0/s1. The van der Waals surface area contributed by atoms with Crippen LogP contribution in [0.1, 0.15) is 33.6 Å². The third-order valence-electron chi connectivity index (χ3n) is 4.17. The number of carbonyl (C=O) groups excluding carboxylic acids is 1. The van der Waals surface area contributed by atoms with Crippen molar-refractivity contribution in [3.8, 4) is 0 Å². The van der Waals surface area contributed by atoms with Crippen LogP contribution in [0.25, 0.3) is 0 Å². The lowest BCUT2D eigenvalue weighted by Crippen LogP contribution is -2.45. The second-order valence-corrected chi connectivity index (χ2v) is 6.99. The monoisotopic (exact) mass is 269 g/mol. The number of rotatable bonds is 2. The van der Waals surface area contributed by atoms with Crippen LogP contribution in [0.2, 0.25) is 0 Å². The first-order chi connectivity index (χ1) is 8.74. The molecule has 1 N–H and O–H groups in total. The van der Waals surface area contributed by atoms with Gasteiger partial charge in [-0.1, -0.05) is 20.8 Å². The molecule has 0 bridgehead atoms. The lowest BCUT2D eigenvalue weighted by Gasteiger charge is -2.33. The topological polar surface area (TPSA) is 66.8 Å². The minimum atomic E-state index is -0.786. The van der Waals surface area contributed by atoms with Gasteiger partial charge in [0.1, 0.15) is 0 Å². The van der Waals surface area contributed by atoms with Gasteiger partial charge in [-0.2, -0.15) is 0 Å². The average Bonchev–Trinajstić information content (AvgIpc) is 2.67. The zero-order valence-electron chi connectivity index (χ0n) is 11.9. The molecule has 2 rings (SSSR count). The van der Waals surface area contributed by atoms with E-state index in [9.17, 15) is 14.7 Å².